The first kappa shape index (κ1) is 26.1. The van der Waals surface area contributed by atoms with Crippen molar-refractivity contribution < 1.29 is 14.3 Å². The number of para-hydroxylation sites is 1. The minimum absolute atomic E-state index is 0.309. The number of anilines is 2. The Morgan fingerprint density at radius 2 is 1.34 bits per heavy atom. The van der Waals surface area contributed by atoms with Gasteiger partial charge in [-0.25, -0.2) is 4.79 Å². The summed E-state index contributed by atoms with van der Waals surface area (Å²) in [4.78, 5) is 11.1. The second-order valence-corrected chi connectivity index (χ2v) is 6.16. The van der Waals surface area contributed by atoms with Crippen LogP contribution in [0.25, 0.3) is 0 Å². The first-order valence-corrected chi connectivity index (χ1v) is 10.1. The third-order valence-electron chi connectivity index (χ3n) is 3.57. The molecule has 0 aliphatic carbocycles. The van der Waals surface area contributed by atoms with Gasteiger partial charge in [0.15, 0.2) is 0 Å². The largest absolute Gasteiger partial charge is 0.494 e. The number of esters is 1. The van der Waals surface area contributed by atoms with Gasteiger partial charge >= 0.3 is 5.97 Å². The second-order valence-electron chi connectivity index (χ2n) is 6.16. The molecule has 160 valence electrons. The maximum Gasteiger partial charge on any atom is 0.333 e. The lowest BCUT2D eigenvalue weighted by Crippen LogP contribution is -2.06. The molecule has 0 radical (unpaired) electrons. The van der Waals surface area contributed by atoms with Crippen LogP contribution in [-0.4, -0.2) is 19.2 Å². The monoisotopic (exact) mass is 400 g/mol. The van der Waals surface area contributed by atoms with Crippen molar-refractivity contribution in [1.29, 1.82) is 0 Å². The second kappa shape index (κ2) is 17.2. The summed E-state index contributed by atoms with van der Waals surface area (Å²) in [6.45, 7) is 10.3. The molecular weight excluding hydrogens is 364 g/mol. The maximum atomic E-state index is 11.1. The molecule has 5 nitrogen and oxygen atoms in total. The highest BCUT2D eigenvalue weighted by molar-refractivity contribution is 5.86. The van der Waals surface area contributed by atoms with E-state index in [1.54, 1.807) is 6.92 Å². The Morgan fingerprint density at radius 1 is 0.828 bits per heavy atom. The minimum Gasteiger partial charge on any atom is -0.494 e. The molecule has 0 unspecified atom stereocenters. The van der Waals surface area contributed by atoms with E-state index in [1.165, 1.54) is 0 Å². The number of hydrogen-bond donors (Lipinski definition) is 2. The number of benzene rings is 2. The molecule has 5 heteroatoms. The van der Waals surface area contributed by atoms with Gasteiger partial charge in [0.2, 0.25) is 0 Å². The Labute approximate surface area is 175 Å². The van der Waals surface area contributed by atoms with Crippen LogP contribution in [0.5, 0.6) is 5.75 Å². The zero-order valence-corrected chi connectivity index (χ0v) is 18.0. The molecule has 0 bridgehead atoms. The molecular formula is C24H36N2O3. The number of nitrogens with two attached hydrogens (primary N) is 2. The van der Waals surface area contributed by atoms with Crippen molar-refractivity contribution in [2.75, 3.05) is 24.7 Å². The van der Waals surface area contributed by atoms with Crippen molar-refractivity contribution >= 4 is 17.3 Å². The van der Waals surface area contributed by atoms with E-state index < -0.39 is 0 Å². The summed E-state index contributed by atoms with van der Waals surface area (Å²) in [6, 6.07) is 16.9. The lowest BCUT2D eigenvalue weighted by atomic mass is 10.2. The molecule has 0 heterocycles. The predicted molar refractivity (Wildman–Crippen MR) is 123 cm³/mol. The van der Waals surface area contributed by atoms with Gasteiger partial charge in [-0.2, -0.15) is 0 Å². The molecule has 0 aliphatic rings. The Balaban J connectivity index is 0.000000722. The van der Waals surface area contributed by atoms with Crippen LogP contribution in [0.3, 0.4) is 0 Å². The Bertz CT molecular complexity index is 670. The van der Waals surface area contributed by atoms with Crippen LogP contribution in [0.2, 0.25) is 0 Å². The average Bonchev–Trinajstić information content (AvgIpc) is 2.73. The molecule has 0 atom stereocenters. The van der Waals surface area contributed by atoms with Crippen LogP contribution < -0.4 is 16.2 Å². The van der Waals surface area contributed by atoms with Crippen LogP contribution in [0, 0.1) is 0 Å². The molecule has 0 fully saturated rings. The van der Waals surface area contributed by atoms with E-state index >= 15 is 0 Å². The molecule has 2 aromatic rings. The summed E-state index contributed by atoms with van der Waals surface area (Å²) in [5.41, 5.74) is 13.0. The smallest absolute Gasteiger partial charge is 0.333 e. The van der Waals surface area contributed by atoms with Gasteiger partial charge < -0.3 is 20.9 Å². The summed E-state index contributed by atoms with van der Waals surface area (Å²) >= 11 is 0. The maximum absolute atomic E-state index is 11.1. The van der Waals surface area contributed by atoms with E-state index in [-0.39, 0.29) is 5.97 Å². The quantitative estimate of drug-likeness (QED) is 0.247. The fraction of sp³-hybridized carbons (Fsp3) is 0.375. The van der Waals surface area contributed by atoms with E-state index in [1.807, 2.05) is 68.4 Å². The van der Waals surface area contributed by atoms with Crippen LogP contribution in [0.4, 0.5) is 11.4 Å². The number of ether oxygens (including phenoxy) is 2. The average molecular weight is 401 g/mol. The van der Waals surface area contributed by atoms with Gasteiger partial charge in [0, 0.05) is 16.9 Å². The van der Waals surface area contributed by atoms with Gasteiger partial charge in [0.05, 0.1) is 13.2 Å². The Morgan fingerprint density at radius 3 is 1.83 bits per heavy atom. The van der Waals surface area contributed by atoms with Crippen molar-refractivity contribution in [2.45, 2.75) is 46.5 Å². The highest BCUT2D eigenvalue weighted by atomic mass is 16.5. The first-order chi connectivity index (χ1) is 14.0. The van der Waals surface area contributed by atoms with E-state index in [0.717, 1.165) is 42.8 Å². The summed E-state index contributed by atoms with van der Waals surface area (Å²) in [7, 11) is 0. The number of carbonyl (C=O) groups excluding carboxylic acids is 1. The topological polar surface area (TPSA) is 87.6 Å². The standard InChI is InChI=1S/C16H23NO3.C6H7N.C2H6/c1-13(2)16(18)20-12-6-4-3-5-11-19-15-9-7-14(17)8-10-15;7-6-4-2-1-3-5-6;1-2/h7-10H,1,3-6,11-12,17H2,2H3;1-5H,7H2;1-2H3. The van der Waals surface area contributed by atoms with Crippen molar-refractivity contribution in [3.63, 3.8) is 0 Å². The summed E-state index contributed by atoms with van der Waals surface area (Å²) < 4.78 is 10.6. The number of carbonyl (C=O) groups is 1. The predicted octanol–water partition coefficient (Wildman–Crippen LogP) is 5.62. The van der Waals surface area contributed by atoms with Crippen molar-refractivity contribution in [3.05, 3.63) is 66.7 Å². The van der Waals surface area contributed by atoms with Gasteiger partial charge in [-0.05, 0) is 69.0 Å². The SMILES string of the molecule is C=C(C)C(=O)OCCCCCCOc1ccc(N)cc1.CC.Nc1ccccc1. The molecule has 0 amide bonds. The first-order valence-electron chi connectivity index (χ1n) is 10.1. The zero-order valence-electron chi connectivity index (χ0n) is 18.0. The van der Waals surface area contributed by atoms with E-state index in [0.29, 0.717) is 18.8 Å². The molecule has 0 saturated heterocycles. The lowest BCUT2D eigenvalue weighted by molar-refractivity contribution is -0.139. The third-order valence-corrected chi connectivity index (χ3v) is 3.57. The van der Waals surface area contributed by atoms with E-state index in [2.05, 4.69) is 6.58 Å². The Kier molecular flexibility index (Phi) is 15.4. The number of nitrogen functional groups attached to an aromatic ring is 2. The minimum atomic E-state index is -0.309. The van der Waals surface area contributed by atoms with Crippen molar-refractivity contribution in [2.24, 2.45) is 0 Å². The number of rotatable bonds is 9. The number of hydrogen-bond acceptors (Lipinski definition) is 5. The van der Waals surface area contributed by atoms with Crippen LogP contribution in [-0.2, 0) is 9.53 Å². The highest BCUT2D eigenvalue weighted by Gasteiger charge is 2.01. The van der Waals surface area contributed by atoms with Crippen LogP contribution in [0.1, 0.15) is 46.5 Å². The van der Waals surface area contributed by atoms with Gasteiger partial charge in [0.1, 0.15) is 5.75 Å². The zero-order chi connectivity index (χ0) is 21.9. The lowest BCUT2D eigenvalue weighted by Gasteiger charge is -2.07. The van der Waals surface area contributed by atoms with Gasteiger partial charge in [-0.3, -0.25) is 0 Å². The fourth-order valence-corrected chi connectivity index (χ4v) is 2.05. The van der Waals surface area contributed by atoms with Gasteiger partial charge in [-0.1, -0.05) is 38.6 Å². The molecule has 0 aromatic heterocycles. The summed E-state index contributed by atoms with van der Waals surface area (Å²) in [6.07, 6.45) is 3.94. The molecule has 2 aromatic carbocycles. The molecule has 0 spiro atoms. The summed E-state index contributed by atoms with van der Waals surface area (Å²) in [5.74, 6) is 0.534. The number of unbranched alkanes of at least 4 members (excludes halogenated alkanes) is 3. The molecule has 0 aliphatic heterocycles. The molecule has 0 saturated carbocycles. The van der Waals surface area contributed by atoms with E-state index in [9.17, 15) is 4.79 Å². The van der Waals surface area contributed by atoms with E-state index in [4.69, 9.17) is 20.9 Å². The fourth-order valence-electron chi connectivity index (χ4n) is 2.05. The molecule has 2 rings (SSSR count). The van der Waals surface area contributed by atoms with Gasteiger partial charge in [0.25, 0.3) is 0 Å². The van der Waals surface area contributed by atoms with Crippen LogP contribution >= 0.6 is 0 Å². The van der Waals surface area contributed by atoms with Gasteiger partial charge in [-0.15, -0.1) is 0 Å². The molecule has 4 N–H and O–H groups in total. The normalized spacial score (nSPS) is 9.21. The van der Waals surface area contributed by atoms with Crippen molar-refractivity contribution in [3.8, 4) is 5.75 Å². The third kappa shape index (κ3) is 14.7. The molecule has 29 heavy (non-hydrogen) atoms. The van der Waals surface area contributed by atoms with Crippen molar-refractivity contribution in [1.82, 2.24) is 0 Å². The summed E-state index contributed by atoms with van der Waals surface area (Å²) in [5, 5.41) is 0. The highest BCUT2D eigenvalue weighted by Crippen LogP contribution is 2.13. The van der Waals surface area contributed by atoms with Crippen LogP contribution in [0.15, 0.2) is 66.7 Å². The Hall–Kier alpha value is -2.95.